The van der Waals surface area contributed by atoms with Crippen LogP contribution in [0.3, 0.4) is 0 Å². The van der Waals surface area contributed by atoms with Crippen LogP contribution < -0.4 is 0 Å². The second kappa shape index (κ2) is 5.59. The first-order valence-corrected chi connectivity index (χ1v) is 7.35. The van der Waals surface area contributed by atoms with Crippen molar-refractivity contribution in [3.8, 4) is 0 Å². The molecule has 5 nitrogen and oxygen atoms in total. The molecule has 3 N–H and O–H groups in total. The van der Waals surface area contributed by atoms with E-state index >= 15 is 0 Å². The van der Waals surface area contributed by atoms with Crippen LogP contribution in [-0.2, 0) is 4.74 Å². The molecule has 1 aromatic carbocycles. The summed E-state index contributed by atoms with van der Waals surface area (Å²) in [6, 6.07) is 4.93. The number of aliphatic hydroxyl groups excluding tert-OH is 3. The Labute approximate surface area is 135 Å². The van der Waals surface area contributed by atoms with Gasteiger partial charge < -0.3 is 24.6 Å². The fraction of sp³-hybridized carbons (Fsp3) is 0.385. The zero-order chi connectivity index (χ0) is 15.3. The first-order valence-electron chi connectivity index (χ1n) is 6.22. The number of rotatable bonds is 2. The summed E-state index contributed by atoms with van der Waals surface area (Å²) in [5.41, 5.74) is 0.615. The summed E-state index contributed by atoms with van der Waals surface area (Å²) in [5, 5.41) is 30.9. The predicted molar refractivity (Wildman–Crippen MR) is 80.0 cm³/mol. The summed E-state index contributed by atoms with van der Waals surface area (Å²) in [6.45, 7) is -0.405. The van der Waals surface area contributed by atoms with Crippen molar-refractivity contribution in [2.45, 2.75) is 24.5 Å². The zero-order valence-corrected chi connectivity index (χ0v) is 12.8. The van der Waals surface area contributed by atoms with Gasteiger partial charge in [-0.05, 0) is 18.2 Å². The Kier molecular flexibility index (Phi) is 4.09. The third kappa shape index (κ3) is 2.43. The van der Waals surface area contributed by atoms with Gasteiger partial charge in [-0.15, -0.1) is 0 Å². The highest BCUT2D eigenvalue weighted by Gasteiger charge is 2.44. The molecular formula is C13H12Cl3NO4. The molecule has 8 heteroatoms. The van der Waals surface area contributed by atoms with Crippen molar-refractivity contribution in [3.05, 3.63) is 33.4 Å². The lowest BCUT2D eigenvalue weighted by Gasteiger charge is -2.19. The number of fused-ring (bicyclic) bond motifs is 1. The van der Waals surface area contributed by atoms with Gasteiger partial charge in [-0.3, -0.25) is 0 Å². The summed E-state index contributed by atoms with van der Waals surface area (Å²) in [6.07, 6.45) is -4.21. The topological polar surface area (TPSA) is 74.9 Å². The van der Waals surface area contributed by atoms with Gasteiger partial charge >= 0.3 is 0 Å². The Balaban J connectivity index is 2.12. The molecule has 1 fully saturated rings. The molecule has 21 heavy (non-hydrogen) atoms. The molecule has 1 aliphatic rings. The number of benzene rings is 1. The van der Waals surface area contributed by atoms with Gasteiger partial charge in [-0.25, -0.2) is 0 Å². The number of aromatic nitrogens is 1. The second-order valence-electron chi connectivity index (χ2n) is 4.89. The van der Waals surface area contributed by atoms with E-state index in [2.05, 4.69) is 0 Å². The first-order chi connectivity index (χ1) is 9.93. The highest BCUT2D eigenvalue weighted by molar-refractivity contribution is 6.43. The highest BCUT2D eigenvalue weighted by atomic mass is 35.5. The first kappa shape index (κ1) is 15.4. The Morgan fingerprint density at radius 1 is 1.05 bits per heavy atom. The van der Waals surface area contributed by atoms with Crippen LogP contribution in [0.15, 0.2) is 18.2 Å². The number of hydrogen-bond acceptors (Lipinski definition) is 4. The quantitative estimate of drug-likeness (QED) is 0.775. The van der Waals surface area contributed by atoms with Crippen molar-refractivity contribution in [1.82, 2.24) is 4.57 Å². The average Bonchev–Trinajstić information content (AvgIpc) is 2.89. The molecule has 0 aliphatic carbocycles. The van der Waals surface area contributed by atoms with E-state index in [1.54, 1.807) is 18.2 Å². The summed E-state index contributed by atoms with van der Waals surface area (Å²) >= 11 is 18.2. The van der Waals surface area contributed by atoms with E-state index in [1.807, 2.05) is 0 Å². The fourth-order valence-corrected chi connectivity index (χ4v) is 3.18. The van der Waals surface area contributed by atoms with E-state index in [0.29, 0.717) is 20.7 Å². The largest absolute Gasteiger partial charge is 0.394 e. The molecule has 4 atom stereocenters. The van der Waals surface area contributed by atoms with Crippen LogP contribution in [-0.4, -0.2) is 44.8 Å². The Morgan fingerprint density at radius 3 is 2.33 bits per heavy atom. The SMILES string of the molecule is OC[C@H]1O[C@@H](n2c(Cl)cc3cc(Cl)c(Cl)cc32)[C@H](O)[C@@H]1O. The van der Waals surface area contributed by atoms with Crippen LogP contribution in [0.4, 0.5) is 0 Å². The van der Waals surface area contributed by atoms with Crippen molar-refractivity contribution in [2.24, 2.45) is 0 Å². The molecule has 0 saturated carbocycles. The van der Waals surface area contributed by atoms with Gasteiger partial charge in [0.2, 0.25) is 0 Å². The molecule has 1 saturated heterocycles. The minimum atomic E-state index is -1.22. The number of halogens is 3. The summed E-state index contributed by atoms with van der Waals surface area (Å²) in [7, 11) is 0. The number of aliphatic hydroxyl groups is 3. The van der Waals surface area contributed by atoms with Gasteiger partial charge in [0.05, 0.1) is 22.2 Å². The monoisotopic (exact) mass is 351 g/mol. The highest BCUT2D eigenvalue weighted by Crippen LogP contribution is 2.38. The summed E-state index contributed by atoms with van der Waals surface area (Å²) in [5.74, 6) is 0. The van der Waals surface area contributed by atoms with Crippen LogP contribution in [0.1, 0.15) is 6.23 Å². The third-order valence-corrected chi connectivity index (χ3v) is 4.62. The smallest absolute Gasteiger partial charge is 0.164 e. The van der Waals surface area contributed by atoms with E-state index in [0.717, 1.165) is 5.39 Å². The van der Waals surface area contributed by atoms with Crippen molar-refractivity contribution in [2.75, 3.05) is 6.61 Å². The van der Waals surface area contributed by atoms with Gasteiger partial charge in [0.25, 0.3) is 0 Å². The Bertz CT molecular complexity index is 690. The average molecular weight is 353 g/mol. The molecule has 0 radical (unpaired) electrons. The van der Waals surface area contributed by atoms with Crippen molar-refractivity contribution < 1.29 is 20.1 Å². The standard InChI is InChI=1S/C13H12Cl3NO4/c14-6-1-5-2-10(16)17(8(5)3-7(6)15)13-12(20)11(19)9(4-18)21-13/h1-3,9,11-13,18-20H,4H2/t9-,11-,12-,13-/m1/s1. The van der Waals surface area contributed by atoms with E-state index in [9.17, 15) is 10.2 Å². The van der Waals surface area contributed by atoms with Gasteiger partial charge in [0.1, 0.15) is 23.5 Å². The molecule has 0 spiro atoms. The molecule has 1 aromatic heterocycles. The van der Waals surface area contributed by atoms with Gasteiger partial charge in [0, 0.05) is 5.39 Å². The third-order valence-electron chi connectivity index (χ3n) is 3.61. The van der Waals surface area contributed by atoms with Crippen molar-refractivity contribution >= 4 is 45.7 Å². The van der Waals surface area contributed by atoms with E-state index in [4.69, 9.17) is 44.6 Å². The van der Waals surface area contributed by atoms with E-state index in [1.165, 1.54) is 4.57 Å². The summed E-state index contributed by atoms with van der Waals surface area (Å²) < 4.78 is 7.01. The van der Waals surface area contributed by atoms with Crippen molar-refractivity contribution in [1.29, 1.82) is 0 Å². The molecule has 0 amide bonds. The van der Waals surface area contributed by atoms with Crippen LogP contribution >= 0.6 is 34.8 Å². The van der Waals surface area contributed by atoms with Crippen LogP contribution in [0.2, 0.25) is 15.2 Å². The van der Waals surface area contributed by atoms with Crippen molar-refractivity contribution in [3.63, 3.8) is 0 Å². The lowest BCUT2D eigenvalue weighted by atomic mass is 10.1. The number of hydrogen-bond donors (Lipinski definition) is 3. The van der Waals surface area contributed by atoms with E-state index < -0.39 is 31.1 Å². The Morgan fingerprint density at radius 2 is 1.71 bits per heavy atom. The minimum absolute atomic E-state index is 0.304. The van der Waals surface area contributed by atoms with Crippen LogP contribution in [0, 0.1) is 0 Å². The molecule has 3 rings (SSSR count). The maximum Gasteiger partial charge on any atom is 0.164 e. The minimum Gasteiger partial charge on any atom is -0.394 e. The maximum absolute atomic E-state index is 10.1. The van der Waals surface area contributed by atoms with Crippen LogP contribution in [0.5, 0.6) is 0 Å². The molecule has 2 heterocycles. The molecule has 1 aliphatic heterocycles. The molecule has 0 unspecified atom stereocenters. The van der Waals surface area contributed by atoms with Gasteiger partial charge in [0.15, 0.2) is 6.23 Å². The number of ether oxygens (including phenoxy) is 1. The zero-order valence-electron chi connectivity index (χ0n) is 10.6. The molecule has 114 valence electrons. The maximum atomic E-state index is 10.1. The summed E-state index contributed by atoms with van der Waals surface area (Å²) in [4.78, 5) is 0. The lowest BCUT2D eigenvalue weighted by molar-refractivity contribution is -0.0505. The molecule has 2 aromatic rings. The molecular weight excluding hydrogens is 341 g/mol. The molecule has 0 bridgehead atoms. The Hall–Kier alpha value is -0.530. The van der Waals surface area contributed by atoms with Gasteiger partial charge in [-0.1, -0.05) is 34.8 Å². The fourth-order valence-electron chi connectivity index (χ4n) is 2.54. The van der Waals surface area contributed by atoms with Crippen LogP contribution in [0.25, 0.3) is 10.9 Å². The second-order valence-corrected chi connectivity index (χ2v) is 6.09. The number of nitrogens with zero attached hydrogens (tertiary/aromatic N) is 1. The van der Waals surface area contributed by atoms with E-state index in [-0.39, 0.29) is 0 Å². The normalized spacial score (nSPS) is 29.4. The van der Waals surface area contributed by atoms with Gasteiger partial charge in [-0.2, -0.15) is 0 Å². The predicted octanol–water partition coefficient (Wildman–Crippen LogP) is 2.21. The lowest BCUT2D eigenvalue weighted by Crippen LogP contribution is -2.33.